The van der Waals surface area contributed by atoms with E-state index in [1.807, 2.05) is 0 Å². The average molecular weight is 841 g/mol. The fourth-order valence-electron chi connectivity index (χ4n) is 6.34. The van der Waals surface area contributed by atoms with Crippen LogP contribution < -0.4 is 14.2 Å². The summed E-state index contributed by atoms with van der Waals surface area (Å²) in [4.78, 5) is 60.4. The summed E-state index contributed by atoms with van der Waals surface area (Å²) in [6, 6.07) is 20.0. The van der Waals surface area contributed by atoms with E-state index >= 15 is 0 Å². The molecule has 0 saturated carbocycles. The van der Waals surface area contributed by atoms with Crippen molar-refractivity contribution in [2.24, 2.45) is 0 Å². The second-order valence-corrected chi connectivity index (χ2v) is 14.1. The molecule has 3 aromatic rings. The molecule has 324 valence electrons. The van der Waals surface area contributed by atoms with E-state index in [9.17, 15) is 24.0 Å². The normalized spacial score (nSPS) is 17.8. The van der Waals surface area contributed by atoms with Crippen molar-refractivity contribution in [2.75, 3.05) is 39.6 Å². The van der Waals surface area contributed by atoms with Gasteiger partial charge in [-0.1, -0.05) is 25.3 Å². The molecule has 61 heavy (non-hydrogen) atoms. The lowest BCUT2D eigenvalue weighted by atomic mass is 10.1. The van der Waals surface area contributed by atoms with Crippen LogP contribution in [0.2, 0.25) is 0 Å². The third-order valence-electron chi connectivity index (χ3n) is 9.61. The molecule has 0 radical (unpaired) electrons. The molecule has 14 heteroatoms. The molecule has 14 nitrogen and oxygen atoms in total. The molecule has 0 bridgehead atoms. The van der Waals surface area contributed by atoms with Gasteiger partial charge < -0.3 is 42.6 Å². The number of hydrogen-bond donors (Lipinski definition) is 0. The van der Waals surface area contributed by atoms with E-state index in [1.165, 1.54) is 6.08 Å². The van der Waals surface area contributed by atoms with Crippen molar-refractivity contribution >= 4 is 35.9 Å². The molecule has 0 spiro atoms. The minimum atomic E-state index is -0.683. The Morgan fingerprint density at radius 1 is 0.525 bits per heavy atom. The van der Waals surface area contributed by atoms with Crippen molar-refractivity contribution in [3.63, 3.8) is 0 Å². The van der Waals surface area contributed by atoms with Crippen LogP contribution in [0.1, 0.15) is 77.6 Å². The monoisotopic (exact) mass is 840 g/mol. The molecular weight excluding hydrogens is 789 g/mol. The van der Waals surface area contributed by atoms with Crippen LogP contribution >= 0.6 is 0 Å². The van der Waals surface area contributed by atoms with Gasteiger partial charge in [0, 0.05) is 18.2 Å². The highest BCUT2D eigenvalue weighted by atomic mass is 16.7. The molecule has 2 saturated heterocycles. The molecule has 2 aliphatic heterocycles. The van der Waals surface area contributed by atoms with Crippen molar-refractivity contribution < 1.29 is 66.6 Å². The van der Waals surface area contributed by atoms with Crippen LogP contribution in [0.4, 0.5) is 0 Å². The molecule has 0 amide bonds. The first-order chi connectivity index (χ1) is 29.7. The van der Waals surface area contributed by atoms with E-state index < -0.39 is 54.3 Å². The quantitative estimate of drug-likeness (QED) is 0.0276. The Morgan fingerprint density at radius 3 is 1.46 bits per heavy atom. The minimum absolute atomic E-state index is 0.0901. The zero-order valence-corrected chi connectivity index (χ0v) is 34.1. The number of carbonyl (C=O) groups excluding carboxylic acids is 5. The summed E-state index contributed by atoms with van der Waals surface area (Å²) >= 11 is 0. The average Bonchev–Trinajstić information content (AvgIpc) is 3.87. The van der Waals surface area contributed by atoms with Gasteiger partial charge in [0.2, 0.25) is 0 Å². The maximum Gasteiger partial charge on any atom is 0.343 e. The summed E-state index contributed by atoms with van der Waals surface area (Å²) in [6.07, 6.45) is 9.56. The summed E-state index contributed by atoms with van der Waals surface area (Å²) in [7, 11) is 0. The molecule has 2 unspecified atom stereocenters. The third kappa shape index (κ3) is 15.4. The van der Waals surface area contributed by atoms with Crippen LogP contribution in [-0.2, 0) is 42.8 Å². The lowest BCUT2D eigenvalue weighted by Crippen LogP contribution is -2.35. The highest BCUT2D eigenvalue weighted by molar-refractivity contribution is 5.91. The highest BCUT2D eigenvalue weighted by Gasteiger charge is 2.51. The predicted octanol–water partition coefficient (Wildman–Crippen LogP) is 7.19. The second-order valence-electron chi connectivity index (χ2n) is 14.1. The number of carbonyl (C=O) groups is 5. The van der Waals surface area contributed by atoms with E-state index in [4.69, 9.17) is 42.6 Å². The Hall–Kier alpha value is -6.25. The first kappa shape index (κ1) is 45.8. The number of rotatable bonds is 25. The summed E-state index contributed by atoms with van der Waals surface area (Å²) in [6.45, 7) is 8.71. The molecule has 3 aromatic carbocycles. The smallest absolute Gasteiger partial charge is 0.343 e. The molecule has 0 N–H and O–H groups in total. The number of unbranched alkanes of at least 4 members (excludes halogenated alkanes) is 6. The van der Waals surface area contributed by atoms with Gasteiger partial charge in [-0.05, 0) is 124 Å². The molecule has 2 fully saturated rings. The Kier molecular flexibility index (Phi) is 18.6. The van der Waals surface area contributed by atoms with E-state index in [-0.39, 0.29) is 13.2 Å². The van der Waals surface area contributed by atoms with Crippen LogP contribution in [0.5, 0.6) is 17.2 Å². The largest absolute Gasteiger partial charge is 0.494 e. The van der Waals surface area contributed by atoms with Crippen molar-refractivity contribution in [2.45, 2.75) is 75.8 Å². The Labute approximate surface area is 355 Å². The SMILES string of the molecule is C=CC(=O)OCCCCCCOc1ccc(C(=O)Oc2ccc(C=CC(=O)O[C@H]3COC4C3OC[C@H]4OC(=O)c3ccc(OCCCCCCOC(=O)C=C)cc3)cc2)cc1. The maximum absolute atomic E-state index is 12.9. The van der Waals surface area contributed by atoms with Crippen LogP contribution in [0.15, 0.2) is 104 Å². The van der Waals surface area contributed by atoms with Gasteiger partial charge in [-0.3, -0.25) is 0 Å². The van der Waals surface area contributed by atoms with Crippen LogP contribution in [0, 0.1) is 0 Å². The number of hydrogen-bond acceptors (Lipinski definition) is 14. The van der Waals surface area contributed by atoms with Gasteiger partial charge in [0.15, 0.2) is 12.2 Å². The van der Waals surface area contributed by atoms with Gasteiger partial charge >= 0.3 is 29.8 Å². The second kappa shape index (κ2) is 24.7. The fourth-order valence-corrected chi connectivity index (χ4v) is 6.34. The number of ether oxygens (including phenoxy) is 9. The molecule has 4 atom stereocenters. The van der Waals surface area contributed by atoms with Gasteiger partial charge in [-0.15, -0.1) is 0 Å². The minimum Gasteiger partial charge on any atom is -0.494 e. The van der Waals surface area contributed by atoms with Gasteiger partial charge in [-0.25, -0.2) is 24.0 Å². The lowest BCUT2D eigenvalue weighted by molar-refractivity contribution is -0.147. The zero-order chi connectivity index (χ0) is 43.2. The van der Waals surface area contributed by atoms with Crippen molar-refractivity contribution in [1.29, 1.82) is 0 Å². The molecule has 2 heterocycles. The summed E-state index contributed by atoms with van der Waals surface area (Å²) in [5, 5.41) is 0. The Morgan fingerprint density at radius 2 is 0.967 bits per heavy atom. The predicted molar refractivity (Wildman–Crippen MR) is 222 cm³/mol. The summed E-state index contributed by atoms with van der Waals surface area (Å²) in [5.41, 5.74) is 1.39. The Bertz CT molecular complexity index is 1940. The molecular formula is C47H52O14. The summed E-state index contributed by atoms with van der Waals surface area (Å²) in [5.74, 6) is -0.884. The topological polar surface area (TPSA) is 168 Å². The number of esters is 5. The first-order valence-corrected chi connectivity index (χ1v) is 20.4. The number of fused-ring (bicyclic) bond motifs is 1. The van der Waals surface area contributed by atoms with Gasteiger partial charge in [-0.2, -0.15) is 0 Å². The molecule has 5 rings (SSSR count). The zero-order valence-electron chi connectivity index (χ0n) is 34.1. The van der Waals surface area contributed by atoms with Crippen molar-refractivity contribution in [1.82, 2.24) is 0 Å². The Balaban J connectivity index is 0.955. The molecule has 2 aliphatic rings. The highest BCUT2D eigenvalue weighted by Crippen LogP contribution is 2.31. The molecule has 0 aromatic heterocycles. The van der Waals surface area contributed by atoms with E-state index in [0.717, 1.165) is 63.5 Å². The first-order valence-electron chi connectivity index (χ1n) is 20.4. The van der Waals surface area contributed by atoms with Gasteiger partial charge in [0.05, 0.1) is 50.8 Å². The van der Waals surface area contributed by atoms with Crippen LogP contribution in [0.25, 0.3) is 6.08 Å². The number of benzene rings is 3. The summed E-state index contributed by atoms with van der Waals surface area (Å²) < 4.78 is 49.9. The lowest BCUT2D eigenvalue weighted by Gasteiger charge is -2.17. The van der Waals surface area contributed by atoms with E-state index in [1.54, 1.807) is 78.9 Å². The van der Waals surface area contributed by atoms with Crippen LogP contribution in [0.3, 0.4) is 0 Å². The van der Waals surface area contributed by atoms with E-state index in [2.05, 4.69) is 13.2 Å². The maximum atomic E-state index is 12.9. The van der Waals surface area contributed by atoms with Crippen LogP contribution in [-0.4, -0.2) is 93.9 Å². The molecule has 0 aliphatic carbocycles. The standard InChI is InChI=1S/C47H52O14/c1-3-41(48)55-29-11-7-5-9-27-53-36-22-16-34(17-23-36)46(51)59-38-20-13-33(14-21-38)15-26-43(50)60-39-31-57-45-40(32-58-44(39)45)61-47(52)35-18-24-37(25-19-35)54-28-10-6-8-12-30-56-42(49)4-2/h3-4,13-26,39-40,44-45H,1-2,5-12,27-32H2/t39-,40+,44?,45?/m0/s1. The third-order valence-corrected chi connectivity index (χ3v) is 9.61. The van der Waals surface area contributed by atoms with Gasteiger partial charge in [0.1, 0.15) is 29.5 Å². The van der Waals surface area contributed by atoms with E-state index in [0.29, 0.717) is 60.4 Å². The van der Waals surface area contributed by atoms with Gasteiger partial charge in [0.25, 0.3) is 0 Å². The van der Waals surface area contributed by atoms with Crippen molar-refractivity contribution in [3.8, 4) is 17.2 Å². The fraction of sp³-hybridized carbons (Fsp3) is 0.383. The van der Waals surface area contributed by atoms with Crippen molar-refractivity contribution in [3.05, 3.63) is 121 Å².